The van der Waals surface area contributed by atoms with Gasteiger partial charge in [-0.3, -0.25) is 0 Å². The second-order valence-corrected chi connectivity index (χ2v) is 6.44. The fourth-order valence-electron chi connectivity index (χ4n) is 3.34. The third-order valence-electron chi connectivity index (χ3n) is 4.72. The minimum atomic E-state index is -4.37. The molecular formula is C19H18F3N5. The lowest BCUT2D eigenvalue weighted by Gasteiger charge is -2.24. The number of halogens is 3. The van der Waals surface area contributed by atoms with Gasteiger partial charge in [-0.15, -0.1) is 0 Å². The van der Waals surface area contributed by atoms with E-state index in [4.69, 9.17) is 0 Å². The maximum absolute atomic E-state index is 12.7. The van der Waals surface area contributed by atoms with E-state index in [2.05, 4.69) is 19.9 Å². The first-order chi connectivity index (χ1) is 13.0. The van der Waals surface area contributed by atoms with Crippen LogP contribution in [0.15, 0.2) is 48.9 Å². The van der Waals surface area contributed by atoms with Gasteiger partial charge >= 0.3 is 6.18 Å². The van der Waals surface area contributed by atoms with E-state index in [1.54, 1.807) is 6.33 Å². The van der Waals surface area contributed by atoms with Gasteiger partial charge in [0.15, 0.2) is 0 Å². The molecule has 27 heavy (non-hydrogen) atoms. The Kier molecular flexibility index (Phi) is 4.55. The molecule has 0 radical (unpaired) electrons. The predicted octanol–water partition coefficient (Wildman–Crippen LogP) is 3.76. The van der Waals surface area contributed by atoms with Crippen LogP contribution in [0.1, 0.15) is 12.0 Å². The molecule has 1 aliphatic rings. The standard InChI is InChI=1S/C19H18F3N5/c20-19(21,22)14-6-7-17(23-12-14)26-8-3-9-27(11-10-26)18-15-4-1-2-5-16(15)24-13-25-18/h1-2,4-7,12-13H,3,8-11H2. The summed E-state index contributed by atoms with van der Waals surface area (Å²) in [6.07, 6.45) is -1.04. The number of anilines is 2. The lowest BCUT2D eigenvalue weighted by Crippen LogP contribution is -2.31. The Morgan fingerprint density at radius 3 is 2.37 bits per heavy atom. The van der Waals surface area contributed by atoms with Crippen molar-refractivity contribution in [1.29, 1.82) is 0 Å². The first kappa shape index (κ1) is 17.5. The lowest BCUT2D eigenvalue weighted by atomic mass is 10.2. The number of hydrogen-bond donors (Lipinski definition) is 0. The first-order valence-electron chi connectivity index (χ1n) is 8.75. The average Bonchev–Trinajstić information content (AvgIpc) is 2.93. The summed E-state index contributed by atoms with van der Waals surface area (Å²) in [4.78, 5) is 17.0. The molecule has 3 heterocycles. The minimum Gasteiger partial charge on any atom is -0.355 e. The summed E-state index contributed by atoms with van der Waals surface area (Å²) >= 11 is 0. The summed E-state index contributed by atoms with van der Waals surface area (Å²) in [6, 6.07) is 10.4. The van der Waals surface area contributed by atoms with Crippen LogP contribution in [0.4, 0.5) is 24.8 Å². The van der Waals surface area contributed by atoms with Gasteiger partial charge < -0.3 is 9.80 Å². The molecule has 5 nitrogen and oxygen atoms in total. The van der Waals surface area contributed by atoms with Crippen LogP contribution in [0.3, 0.4) is 0 Å². The Balaban J connectivity index is 1.52. The molecule has 140 valence electrons. The van der Waals surface area contributed by atoms with Gasteiger partial charge in [0.2, 0.25) is 0 Å². The van der Waals surface area contributed by atoms with Crippen molar-refractivity contribution in [3.05, 3.63) is 54.5 Å². The smallest absolute Gasteiger partial charge is 0.355 e. The highest BCUT2D eigenvalue weighted by atomic mass is 19.4. The van der Waals surface area contributed by atoms with Crippen LogP contribution >= 0.6 is 0 Å². The van der Waals surface area contributed by atoms with E-state index in [-0.39, 0.29) is 0 Å². The molecule has 0 saturated carbocycles. The van der Waals surface area contributed by atoms with E-state index in [0.717, 1.165) is 48.5 Å². The Bertz CT molecular complexity index is 921. The van der Waals surface area contributed by atoms with Crippen LogP contribution < -0.4 is 9.80 Å². The Morgan fingerprint density at radius 1 is 0.815 bits per heavy atom. The summed E-state index contributed by atoms with van der Waals surface area (Å²) in [5, 5.41) is 1.00. The van der Waals surface area contributed by atoms with Gasteiger partial charge in [-0.05, 0) is 30.7 Å². The van der Waals surface area contributed by atoms with Crippen molar-refractivity contribution in [2.24, 2.45) is 0 Å². The summed E-state index contributed by atoms with van der Waals surface area (Å²) in [6.45, 7) is 2.93. The summed E-state index contributed by atoms with van der Waals surface area (Å²) in [5.41, 5.74) is 0.170. The van der Waals surface area contributed by atoms with Gasteiger partial charge in [-0.2, -0.15) is 13.2 Å². The van der Waals surface area contributed by atoms with Crippen LogP contribution in [0, 0.1) is 0 Å². The van der Waals surface area contributed by atoms with Crippen molar-refractivity contribution in [3.63, 3.8) is 0 Å². The molecule has 3 aromatic rings. The number of hydrogen-bond acceptors (Lipinski definition) is 5. The molecule has 1 saturated heterocycles. The minimum absolute atomic E-state index is 0.567. The molecule has 0 spiro atoms. The first-order valence-corrected chi connectivity index (χ1v) is 8.75. The molecule has 0 bridgehead atoms. The highest BCUT2D eigenvalue weighted by molar-refractivity contribution is 5.89. The van der Waals surface area contributed by atoms with Crippen molar-refractivity contribution >= 4 is 22.5 Å². The molecule has 8 heteroatoms. The maximum Gasteiger partial charge on any atom is 0.417 e. The Labute approximate surface area is 154 Å². The third-order valence-corrected chi connectivity index (χ3v) is 4.72. The van der Waals surface area contributed by atoms with E-state index in [9.17, 15) is 13.2 Å². The fraction of sp³-hybridized carbons (Fsp3) is 0.316. The SMILES string of the molecule is FC(F)(F)c1ccc(N2CCCN(c3ncnc4ccccc34)CC2)nc1. The van der Waals surface area contributed by atoms with E-state index >= 15 is 0 Å². The molecule has 4 rings (SSSR count). The number of pyridine rings is 1. The summed E-state index contributed by atoms with van der Waals surface area (Å²) < 4.78 is 38.2. The number of rotatable bonds is 2. The maximum atomic E-state index is 12.7. The molecule has 0 N–H and O–H groups in total. The number of alkyl halides is 3. The van der Waals surface area contributed by atoms with Crippen molar-refractivity contribution in [2.45, 2.75) is 12.6 Å². The van der Waals surface area contributed by atoms with Gasteiger partial charge in [0.1, 0.15) is 18.0 Å². The second-order valence-electron chi connectivity index (χ2n) is 6.44. The summed E-state index contributed by atoms with van der Waals surface area (Å²) in [7, 11) is 0. The van der Waals surface area contributed by atoms with Crippen molar-refractivity contribution < 1.29 is 13.2 Å². The monoisotopic (exact) mass is 373 g/mol. The molecule has 0 aliphatic carbocycles. The fourth-order valence-corrected chi connectivity index (χ4v) is 3.34. The quantitative estimate of drug-likeness (QED) is 0.684. The molecular weight excluding hydrogens is 355 g/mol. The van der Waals surface area contributed by atoms with Crippen molar-refractivity contribution in [1.82, 2.24) is 15.0 Å². The van der Waals surface area contributed by atoms with Crippen molar-refractivity contribution in [2.75, 3.05) is 36.0 Å². The van der Waals surface area contributed by atoms with Crippen LogP contribution in [-0.2, 0) is 6.18 Å². The molecule has 1 aromatic carbocycles. The number of benzene rings is 1. The zero-order valence-corrected chi connectivity index (χ0v) is 14.5. The average molecular weight is 373 g/mol. The second kappa shape index (κ2) is 7.02. The number of aromatic nitrogens is 3. The van der Waals surface area contributed by atoms with E-state index < -0.39 is 11.7 Å². The number of para-hydroxylation sites is 1. The van der Waals surface area contributed by atoms with Gasteiger partial charge in [-0.25, -0.2) is 15.0 Å². The largest absolute Gasteiger partial charge is 0.417 e. The van der Waals surface area contributed by atoms with Crippen LogP contribution in [-0.4, -0.2) is 41.1 Å². The normalized spacial score (nSPS) is 15.8. The molecule has 0 atom stereocenters. The topological polar surface area (TPSA) is 45.2 Å². The van der Waals surface area contributed by atoms with E-state index in [1.165, 1.54) is 6.07 Å². The zero-order valence-electron chi connectivity index (χ0n) is 14.5. The van der Waals surface area contributed by atoms with Gasteiger partial charge in [-0.1, -0.05) is 12.1 Å². The molecule has 1 aliphatic heterocycles. The Hall–Kier alpha value is -2.90. The number of nitrogens with zero attached hydrogens (tertiary/aromatic N) is 5. The summed E-state index contributed by atoms with van der Waals surface area (Å²) in [5.74, 6) is 1.46. The van der Waals surface area contributed by atoms with Crippen LogP contribution in [0.5, 0.6) is 0 Å². The van der Waals surface area contributed by atoms with E-state index in [1.807, 2.05) is 29.2 Å². The third kappa shape index (κ3) is 3.65. The van der Waals surface area contributed by atoms with Crippen molar-refractivity contribution in [3.8, 4) is 0 Å². The molecule has 0 unspecified atom stereocenters. The molecule has 0 amide bonds. The van der Waals surface area contributed by atoms with Gasteiger partial charge in [0, 0.05) is 37.8 Å². The molecule has 1 fully saturated rings. The predicted molar refractivity (Wildman–Crippen MR) is 97.8 cm³/mol. The highest BCUT2D eigenvalue weighted by Crippen LogP contribution is 2.30. The van der Waals surface area contributed by atoms with Crippen LogP contribution in [0.25, 0.3) is 10.9 Å². The van der Waals surface area contributed by atoms with Crippen LogP contribution in [0.2, 0.25) is 0 Å². The molecule has 2 aromatic heterocycles. The van der Waals surface area contributed by atoms with Gasteiger partial charge in [0.25, 0.3) is 0 Å². The van der Waals surface area contributed by atoms with Gasteiger partial charge in [0.05, 0.1) is 11.1 Å². The lowest BCUT2D eigenvalue weighted by molar-refractivity contribution is -0.137. The number of fused-ring (bicyclic) bond motifs is 1. The van der Waals surface area contributed by atoms with E-state index in [0.29, 0.717) is 18.9 Å². The Morgan fingerprint density at radius 2 is 1.59 bits per heavy atom. The zero-order chi connectivity index (χ0) is 18.9. The highest BCUT2D eigenvalue weighted by Gasteiger charge is 2.31.